The Labute approximate surface area is 170 Å². The number of hydrogen-bond acceptors (Lipinski definition) is 5. The molecule has 150 valence electrons. The van der Waals surface area contributed by atoms with Gasteiger partial charge in [0, 0.05) is 26.2 Å². The minimum Gasteiger partial charge on any atom is -0.481 e. The van der Waals surface area contributed by atoms with Crippen molar-refractivity contribution in [3.05, 3.63) is 28.9 Å². The number of hydrogen-bond donors (Lipinski definition) is 1. The number of ether oxygens (including phenoxy) is 1. The van der Waals surface area contributed by atoms with Gasteiger partial charge in [-0.1, -0.05) is 17.7 Å². The molecule has 8 heteroatoms. The predicted molar refractivity (Wildman–Crippen MR) is 108 cm³/mol. The molecule has 2 aliphatic rings. The van der Waals surface area contributed by atoms with Crippen molar-refractivity contribution >= 4 is 17.5 Å². The number of rotatable bonds is 3. The van der Waals surface area contributed by atoms with Crippen LogP contribution in [0.4, 0.5) is 0 Å². The lowest BCUT2D eigenvalue weighted by atomic mass is 9.71. The molecule has 0 unspecified atom stereocenters. The molecule has 1 N–H and O–H groups in total. The van der Waals surface area contributed by atoms with Gasteiger partial charge in [0.2, 0.25) is 5.88 Å². The van der Waals surface area contributed by atoms with Crippen LogP contribution in [0.2, 0.25) is 5.15 Å². The van der Waals surface area contributed by atoms with Crippen LogP contribution in [0.1, 0.15) is 36.0 Å². The summed E-state index contributed by atoms with van der Waals surface area (Å²) < 4.78 is 6.75. The second kappa shape index (κ2) is 7.72. The van der Waals surface area contributed by atoms with Crippen LogP contribution in [0, 0.1) is 5.41 Å². The van der Waals surface area contributed by atoms with Gasteiger partial charge in [0.05, 0.1) is 12.8 Å². The van der Waals surface area contributed by atoms with E-state index in [4.69, 9.17) is 16.3 Å². The maximum absolute atomic E-state index is 13.4. The molecular weight excluding hydrogens is 378 g/mol. The molecule has 0 aliphatic carbocycles. The zero-order chi connectivity index (χ0) is 19.7. The summed E-state index contributed by atoms with van der Waals surface area (Å²) in [7, 11) is 3.30. The fourth-order valence-electron chi connectivity index (χ4n) is 4.33. The Bertz CT molecular complexity index is 865. The van der Waals surface area contributed by atoms with Crippen LogP contribution in [0.15, 0.2) is 18.2 Å². The minimum absolute atomic E-state index is 0.0681. The topological polar surface area (TPSA) is 72.3 Å². The van der Waals surface area contributed by atoms with Gasteiger partial charge < -0.3 is 15.0 Å². The summed E-state index contributed by atoms with van der Waals surface area (Å²) >= 11 is 6.48. The van der Waals surface area contributed by atoms with Crippen molar-refractivity contribution in [1.82, 2.24) is 25.0 Å². The lowest BCUT2D eigenvalue weighted by molar-refractivity contribution is 0.0496. The Balaban J connectivity index is 1.59. The Morgan fingerprint density at radius 1 is 1.21 bits per heavy atom. The molecule has 1 spiro atoms. The number of carbonyl (C=O) groups excluding carboxylic acids is 1. The molecule has 28 heavy (non-hydrogen) atoms. The van der Waals surface area contributed by atoms with Crippen LogP contribution in [0.5, 0.6) is 5.88 Å². The molecule has 2 aliphatic heterocycles. The summed E-state index contributed by atoms with van der Waals surface area (Å²) in [5.41, 5.74) is 1.89. The highest BCUT2D eigenvalue weighted by atomic mass is 35.5. The van der Waals surface area contributed by atoms with Gasteiger partial charge >= 0.3 is 0 Å². The van der Waals surface area contributed by atoms with E-state index in [1.54, 1.807) is 20.2 Å². The Kier molecular flexibility index (Phi) is 5.29. The van der Waals surface area contributed by atoms with Crippen LogP contribution < -0.4 is 10.1 Å². The van der Waals surface area contributed by atoms with Crippen molar-refractivity contribution in [2.45, 2.75) is 25.7 Å². The van der Waals surface area contributed by atoms with Gasteiger partial charge in [-0.25, -0.2) is 4.98 Å². The highest BCUT2D eigenvalue weighted by Gasteiger charge is 2.38. The van der Waals surface area contributed by atoms with E-state index >= 15 is 0 Å². The highest BCUT2D eigenvalue weighted by molar-refractivity contribution is 6.33. The predicted octanol–water partition coefficient (Wildman–Crippen LogP) is 2.75. The molecule has 2 fully saturated rings. The van der Waals surface area contributed by atoms with E-state index in [0.29, 0.717) is 33.4 Å². The van der Waals surface area contributed by atoms with Gasteiger partial charge in [-0.3, -0.25) is 9.48 Å². The van der Waals surface area contributed by atoms with Gasteiger partial charge in [0.15, 0.2) is 0 Å². The van der Waals surface area contributed by atoms with E-state index in [0.717, 1.165) is 39.0 Å². The van der Waals surface area contributed by atoms with Crippen LogP contribution in [0.25, 0.3) is 11.4 Å². The number of amides is 1. The van der Waals surface area contributed by atoms with Gasteiger partial charge in [0.1, 0.15) is 16.4 Å². The molecule has 4 rings (SSSR count). The quantitative estimate of drug-likeness (QED) is 0.853. The van der Waals surface area contributed by atoms with Gasteiger partial charge in [-0.2, -0.15) is 5.10 Å². The highest BCUT2D eigenvalue weighted by Crippen LogP contribution is 2.40. The SMILES string of the molecule is COc1cccc(-c2nn(C)c(Cl)c2C(=O)N2CCC3(CCNCC3)CC2)n1. The normalized spacial score (nSPS) is 19.0. The van der Waals surface area contributed by atoms with Crippen molar-refractivity contribution in [2.24, 2.45) is 12.5 Å². The number of aryl methyl sites for hydroxylation is 1. The number of nitrogens with zero attached hydrogens (tertiary/aromatic N) is 4. The molecular formula is C20H26ClN5O2. The fraction of sp³-hybridized carbons (Fsp3) is 0.550. The fourth-order valence-corrected chi connectivity index (χ4v) is 4.54. The molecule has 4 heterocycles. The van der Waals surface area contributed by atoms with Crippen LogP contribution in [0.3, 0.4) is 0 Å². The first-order valence-corrected chi connectivity index (χ1v) is 10.1. The molecule has 0 bridgehead atoms. The molecule has 2 aromatic rings. The summed E-state index contributed by atoms with van der Waals surface area (Å²) in [6.45, 7) is 3.67. The first kappa shape index (κ1) is 19.2. The van der Waals surface area contributed by atoms with Crippen molar-refractivity contribution in [2.75, 3.05) is 33.3 Å². The summed E-state index contributed by atoms with van der Waals surface area (Å²) in [6.07, 6.45) is 4.49. The first-order valence-electron chi connectivity index (χ1n) is 9.77. The monoisotopic (exact) mass is 403 g/mol. The van der Waals surface area contributed by atoms with Crippen molar-refractivity contribution in [3.63, 3.8) is 0 Å². The number of aromatic nitrogens is 3. The number of pyridine rings is 1. The Morgan fingerprint density at radius 2 is 1.93 bits per heavy atom. The van der Waals surface area contributed by atoms with E-state index in [1.165, 1.54) is 17.5 Å². The third-order valence-electron chi connectivity index (χ3n) is 6.14. The number of methoxy groups -OCH3 is 1. The van der Waals surface area contributed by atoms with Crippen molar-refractivity contribution in [3.8, 4) is 17.3 Å². The molecule has 0 saturated carbocycles. The smallest absolute Gasteiger partial charge is 0.259 e. The minimum atomic E-state index is -0.0681. The molecule has 0 radical (unpaired) electrons. The molecule has 1 amide bonds. The van der Waals surface area contributed by atoms with Gasteiger partial charge in [0.25, 0.3) is 5.91 Å². The second-order valence-corrected chi connectivity index (χ2v) is 8.10. The Hall–Kier alpha value is -2.12. The molecule has 2 aromatic heterocycles. The van der Waals surface area contributed by atoms with E-state index in [-0.39, 0.29) is 5.91 Å². The lowest BCUT2D eigenvalue weighted by Crippen LogP contribution is -2.47. The maximum atomic E-state index is 13.4. The third-order valence-corrected chi connectivity index (χ3v) is 6.58. The van der Waals surface area contributed by atoms with Crippen molar-refractivity contribution in [1.29, 1.82) is 0 Å². The number of piperidine rings is 2. The van der Waals surface area contributed by atoms with Crippen LogP contribution in [-0.4, -0.2) is 58.9 Å². The average Bonchev–Trinajstić information content (AvgIpc) is 3.03. The molecule has 2 saturated heterocycles. The van der Waals surface area contributed by atoms with E-state index in [2.05, 4.69) is 15.4 Å². The maximum Gasteiger partial charge on any atom is 0.259 e. The first-order chi connectivity index (χ1) is 13.5. The lowest BCUT2D eigenvalue weighted by Gasteiger charge is -2.44. The van der Waals surface area contributed by atoms with Gasteiger partial charge in [-0.05, 0) is 50.3 Å². The van der Waals surface area contributed by atoms with E-state index in [1.807, 2.05) is 17.0 Å². The van der Waals surface area contributed by atoms with Gasteiger partial charge in [-0.15, -0.1) is 0 Å². The van der Waals surface area contributed by atoms with E-state index < -0.39 is 0 Å². The molecule has 0 atom stereocenters. The van der Waals surface area contributed by atoms with E-state index in [9.17, 15) is 4.79 Å². The number of nitrogens with one attached hydrogen (secondary N) is 1. The number of likely N-dealkylation sites (tertiary alicyclic amines) is 1. The second-order valence-electron chi connectivity index (χ2n) is 7.75. The largest absolute Gasteiger partial charge is 0.481 e. The summed E-state index contributed by atoms with van der Waals surface area (Å²) in [5.74, 6) is 0.407. The van der Waals surface area contributed by atoms with Crippen molar-refractivity contribution < 1.29 is 9.53 Å². The summed E-state index contributed by atoms with van der Waals surface area (Å²) in [4.78, 5) is 19.7. The Morgan fingerprint density at radius 3 is 2.61 bits per heavy atom. The van der Waals surface area contributed by atoms with Crippen LogP contribution >= 0.6 is 11.6 Å². The zero-order valence-corrected chi connectivity index (χ0v) is 17.1. The zero-order valence-electron chi connectivity index (χ0n) is 16.4. The molecule has 0 aromatic carbocycles. The standard InChI is InChI=1S/C20H26ClN5O2/c1-25-18(21)16(17(24-25)14-4-3-5-15(23-14)28-2)19(27)26-12-8-20(9-13-26)6-10-22-11-7-20/h3-5,22H,6-13H2,1-2H3. The average molecular weight is 404 g/mol. The summed E-state index contributed by atoms with van der Waals surface area (Å²) in [5, 5.41) is 8.24. The third kappa shape index (κ3) is 3.49. The van der Waals surface area contributed by atoms with Crippen LogP contribution in [-0.2, 0) is 7.05 Å². The number of halogens is 1. The number of carbonyl (C=O) groups is 1. The molecule has 7 nitrogen and oxygen atoms in total. The summed E-state index contributed by atoms with van der Waals surface area (Å²) in [6, 6.07) is 5.41.